The zero-order valence-corrected chi connectivity index (χ0v) is 11.8. The van der Waals surface area contributed by atoms with Gasteiger partial charge in [-0.15, -0.1) is 0 Å². The molecule has 1 aromatic rings. The minimum atomic E-state index is -0.468. The van der Waals surface area contributed by atoms with Gasteiger partial charge in [0.25, 0.3) is 0 Å². The van der Waals surface area contributed by atoms with Crippen molar-refractivity contribution in [2.75, 3.05) is 6.54 Å². The minimum absolute atomic E-state index is 0.155. The largest absolute Gasteiger partial charge is 0.487 e. The molecule has 2 heterocycles. The van der Waals surface area contributed by atoms with Gasteiger partial charge in [-0.1, -0.05) is 24.6 Å². The Morgan fingerprint density at radius 3 is 2.95 bits per heavy atom. The van der Waals surface area contributed by atoms with Gasteiger partial charge in [0.15, 0.2) is 0 Å². The lowest BCUT2D eigenvalue weighted by atomic mass is 9.92. The third-order valence-electron chi connectivity index (χ3n) is 4.17. The standard InChI is InChI=1S/C16H23NO2/c1-16(2)10-11-6-5-7-12(15(11)19-16)14(18)13-8-3-4-9-17-13/h5-7,13-14,17-18H,3-4,8-10H2,1-2H3. The summed E-state index contributed by atoms with van der Waals surface area (Å²) < 4.78 is 6.05. The van der Waals surface area contributed by atoms with Crippen molar-refractivity contribution in [3.63, 3.8) is 0 Å². The van der Waals surface area contributed by atoms with Crippen LogP contribution in [0.1, 0.15) is 50.3 Å². The molecule has 19 heavy (non-hydrogen) atoms. The van der Waals surface area contributed by atoms with Crippen molar-refractivity contribution in [3.05, 3.63) is 29.3 Å². The van der Waals surface area contributed by atoms with E-state index >= 15 is 0 Å². The smallest absolute Gasteiger partial charge is 0.129 e. The summed E-state index contributed by atoms with van der Waals surface area (Å²) in [6, 6.07) is 6.30. The molecule has 1 aromatic carbocycles. The van der Waals surface area contributed by atoms with Gasteiger partial charge in [-0.2, -0.15) is 0 Å². The molecule has 0 radical (unpaired) electrons. The average molecular weight is 261 g/mol. The second kappa shape index (κ2) is 4.80. The summed E-state index contributed by atoms with van der Waals surface area (Å²) in [5, 5.41) is 14.1. The van der Waals surface area contributed by atoms with Gasteiger partial charge in [0.05, 0.1) is 6.10 Å². The number of piperidine rings is 1. The molecule has 0 amide bonds. The number of fused-ring (bicyclic) bond motifs is 1. The van der Waals surface area contributed by atoms with Crippen LogP contribution in [0.5, 0.6) is 5.75 Å². The Kier molecular flexibility index (Phi) is 3.27. The minimum Gasteiger partial charge on any atom is -0.487 e. The van der Waals surface area contributed by atoms with Crippen LogP contribution in [0.25, 0.3) is 0 Å². The van der Waals surface area contributed by atoms with E-state index in [1.54, 1.807) is 0 Å². The van der Waals surface area contributed by atoms with Gasteiger partial charge in [-0.3, -0.25) is 0 Å². The van der Waals surface area contributed by atoms with Crippen LogP contribution in [0, 0.1) is 0 Å². The maximum absolute atomic E-state index is 10.6. The number of aliphatic hydroxyl groups is 1. The molecule has 0 aliphatic carbocycles. The predicted molar refractivity (Wildman–Crippen MR) is 75.5 cm³/mol. The molecule has 2 aliphatic rings. The molecular formula is C16H23NO2. The molecule has 0 saturated carbocycles. The molecule has 3 nitrogen and oxygen atoms in total. The molecule has 104 valence electrons. The van der Waals surface area contributed by atoms with Gasteiger partial charge in [0, 0.05) is 18.0 Å². The van der Waals surface area contributed by atoms with Crippen molar-refractivity contribution in [2.24, 2.45) is 0 Å². The topological polar surface area (TPSA) is 41.5 Å². The van der Waals surface area contributed by atoms with E-state index in [1.807, 2.05) is 12.1 Å². The van der Waals surface area contributed by atoms with Crippen molar-refractivity contribution in [3.8, 4) is 5.75 Å². The Balaban J connectivity index is 1.88. The van der Waals surface area contributed by atoms with Gasteiger partial charge in [0.2, 0.25) is 0 Å². The Hall–Kier alpha value is -1.06. The lowest BCUT2D eigenvalue weighted by Crippen LogP contribution is -2.39. The first-order chi connectivity index (χ1) is 9.07. The van der Waals surface area contributed by atoms with E-state index in [2.05, 4.69) is 25.2 Å². The first-order valence-corrected chi connectivity index (χ1v) is 7.29. The van der Waals surface area contributed by atoms with Crippen molar-refractivity contribution in [1.29, 1.82) is 0 Å². The second-order valence-corrected chi connectivity index (χ2v) is 6.38. The summed E-state index contributed by atoms with van der Waals surface area (Å²) in [6.45, 7) is 5.20. The quantitative estimate of drug-likeness (QED) is 0.859. The van der Waals surface area contributed by atoms with E-state index in [9.17, 15) is 5.11 Å². The highest BCUT2D eigenvalue weighted by atomic mass is 16.5. The molecule has 1 fully saturated rings. The van der Waals surface area contributed by atoms with Crippen LogP contribution in [-0.4, -0.2) is 23.3 Å². The number of aliphatic hydroxyl groups excluding tert-OH is 1. The predicted octanol–water partition coefficient (Wildman–Crippen LogP) is 2.58. The lowest BCUT2D eigenvalue weighted by Gasteiger charge is -2.29. The van der Waals surface area contributed by atoms with Crippen molar-refractivity contribution >= 4 is 0 Å². The van der Waals surface area contributed by atoms with Gasteiger partial charge in [-0.25, -0.2) is 0 Å². The average Bonchev–Trinajstić information content (AvgIpc) is 2.72. The van der Waals surface area contributed by atoms with Gasteiger partial charge in [-0.05, 0) is 38.8 Å². The number of ether oxygens (including phenoxy) is 1. The third-order valence-corrected chi connectivity index (χ3v) is 4.17. The number of para-hydroxylation sites is 1. The third kappa shape index (κ3) is 2.49. The fourth-order valence-electron chi connectivity index (χ4n) is 3.24. The second-order valence-electron chi connectivity index (χ2n) is 6.38. The highest BCUT2D eigenvalue weighted by Gasteiger charge is 2.34. The van der Waals surface area contributed by atoms with Crippen molar-refractivity contribution in [1.82, 2.24) is 5.32 Å². The number of hydrogen-bond acceptors (Lipinski definition) is 3. The molecule has 0 bridgehead atoms. The molecule has 2 N–H and O–H groups in total. The Bertz CT molecular complexity index is 464. The van der Waals surface area contributed by atoms with E-state index in [4.69, 9.17) is 4.74 Å². The normalized spacial score (nSPS) is 26.6. The van der Waals surface area contributed by atoms with Crippen LogP contribution in [-0.2, 0) is 6.42 Å². The summed E-state index contributed by atoms with van der Waals surface area (Å²) in [5.74, 6) is 0.910. The van der Waals surface area contributed by atoms with Crippen LogP contribution < -0.4 is 10.1 Å². The zero-order chi connectivity index (χ0) is 13.5. The van der Waals surface area contributed by atoms with Crippen LogP contribution in [0.2, 0.25) is 0 Å². The maximum Gasteiger partial charge on any atom is 0.129 e. The molecule has 0 spiro atoms. The van der Waals surface area contributed by atoms with E-state index < -0.39 is 6.10 Å². The summed E-state index contributed by atoms with van der Waals surface area (Å²) in [6.07, 6.45) is 3.88. The lowest BCUT2D eigenvalue weighted by molar-refractivity contribution is 0.0993. The SMILES string of the molecule is CC1(C)Cc2cccc(C(O)C3CCCCN3)c2O1. The monoisotopic (exact) mass is 261 g/mol. The number of rotatable bonds is 2. The Morgan fingerprint density at radius 1 is 1.37 bits per heavy atom. The fraction of sp³-hybridized carbons (Fsp3) is 0.625. The highest BCUT2D eigenvalue weighted by molar-refractivity contribution is 5.47. The van der Waals surface area contributed by atoms with Crippen LogP contribution in [0.4, 0.5) is 0 Å². The van der Waals surface area contributed by atoms with Crippen LogP contribution >= 0.6 is 0 Å². The van der Waals surface area contributed by atoms with E-state index in [0.29, 0.717) is 0 Å². The summed E-state index contributed by atoms with van der Waals surface area (Å²) >= 11 is 0. The molecule has 2 atom stereocenters. The molecule has 2 unspecified atom stereocenters. The van der Waals surface area contributed by atoms with Crippen molar-refractivity contribution < 1.29 is 9.84 Å². The number of nitrogens with one attached hydrogen (secondary N) is 1. The molecule has 1 saturated heterocycles. The summed E-state index contributed by atoms with van der Waals surface area (Å²) in [7, 11) is 0. The molecule has 0 aromatic heterocycles. The van der Waals surface area contributed by atoms with Crippen LogP contribution in [0.3, 0.4) is 0 Å². The van der Waals surface area contributed by atoms with Gasteiger partial charge < -0.3 is 15.2 Å². The first-order valence-electron chi connectivity index (χ1n) is 7.29. The Morgan fingerprint density at radius 2 is 2.21 bits per heavy atom. The fourth-order valence-corrected chi connectivity index (χ4v) is 3.24. The van der Waals surface area contributed by atoms with E-state index in [0.717, 1.165) is 30.7 Å². The summed E-state index contributed by atoms with van der Waals surface area (Å²) in [5.41, 5.74) is 2.01. The molecular weight excluding hydrogens is 238 g/mol. The number of benzene rings is 1. The Labute approximate surface area is 115 Å². The molecule has 2 aliphatic heterocycles. The first kappa shape index (κ1) is 12.9. The zero-order valence-electron chi connectivity index (χ0n) is 11.8. The number of hydrogen-bond donors (Lipinski definition) is 2. The van der Waals surface area contributed by atoms with Gasteiger partial charge >= 0.3 is 0 Å². The van der Waals surface area contributed by atoms with E-state index in [-0.39, 0.29) is 11.6 Å². The molecule has 3 rings (SSSR count). The molecule has 3 heteroatoms. The maximum atomic E-state index is 10.6. The van der Waals surface area contributed by atoms with Crippen molar-refractivity contribution in [2.45, 2.75) is 57.3 Å². The van der Waals surface area contributed by atoms with Gasteiger partial charge in [0.1, 0.15) is 11.4 Å². The van der Waals surface area contributed by atoms with Crippen LogP contribution in [0.15, 0.2) is 18.2 Å². The highest BCUT2D eigenvalue weighted by Crippen LogP contribution is 2.41. The van der Waals surface area contributed by atoms with E-state index in [1.165, 1.54) is 18.4 Å². The summed E-state index contributed by atoms with van der Waals surface area (Å²) in [4.78, 5) is 0.